The van der Waals surface area contributed by atoms with Crippen LogP contribution in [-0.4, -0.2) is 38.3 Å². The van der Waals surface area contributed by atoms with E-state index in [0.717, 1.165) is 57.2 Å². The van der Waals surface area contributed by atoms with Crippen LogP contribution in [0.3, 0.4) is 0 Å². The number of hydrogen-bond donors (Lipinski definition) is 2. The van der Waals surface area contributed by atoms with Gasteiger partial charge in [-0.2, -0.15) is 0 Å². The first-order valence-electron chi connectivity index (χ1n) is 8.83. The van der Waals surface area contributed by atoms with Crippen LogP contribution in [0.5, 0.6) is 0 Å². The van der Waals surface area contributed by atoms with E-state index in [1.807, 2.05) is 19.1 Å². The Morgan fingerprint density at radius 3 is 2.58 bits per heavy atom. The van der Waals surface area contributed by atoms with Gasteiger partial charge in [-0.25, -0.2) is 0 Å². The van der Waals surface area contributed by atoms with Crippen LogP contribution in [0.25, 0.3) is 0 Å². The lowest BCUT2D eigenvalue weighted by molar-refractivity contribution is 0.0258. The molecule has 0 fully saturated rings. The highest BCUT2D eigenvalue weighted by Crippen LogP contribution is 2.09. The van der Waals surface area contributed by atoms with Gasteiger partial charge in [-0.3, -0.25) is 4.99 Å². The minimum Gasteiger partial charge on any atom is -0.469 e. The van der Waals surface area contributed by atoms with Crippen molar-refractivity contribution in [3.05, 3.63) is 24.2 Å². The van der Waals surface area contributed by atoms with Gasteiger partial charge in [0, 0.05) is 32.7 Å². The van der Waals surface area contributed by atoms with Gasteiger partial charge in [0.1, 0.15) is 5.76 Å². The smallest absolute Gasteiger partial charge is 0.191 e. The monoisotopic (exact) mass is 451 g/mol. The van der Waals surface area contributed by atoms with Gasteiger partial charge < -0.3 is 19.8 Å². The molecule has 0 aliphatic heterocycles. The molecule has 2 N–H and O–H groups in total. The van der Waals surface area contributed by atoms with E-state index >= 15 is 0 Å². The molecule has 0 spiro atoms. The first kappa shape index (κ1) is 23.2. The Morgan fingerprint density at radius 2 is 2.00 bits per heavy atom. The molecule has 5 nitrogen and oxygen atoms in total. The van der Waals surface area contributed by atoms with Crippen LogP contribution < -0.4 is 10.6 Å². The minimum absolute atomic E-state index is 0. The molecule has 1 rings (SSSR count). The fourth-order valence-electron chi connectivity index (χ4n) is 2.31. The second-order valence-electron chi connectivity index (χ2n) is 5.94. The molecular formula is C18H34IN3O2. The number of halogens is 1. The van der Waals surface area contributed by atoms with Gasteiger partial charge >= 0.3 is 0 Å². The Bertz CT molecular complexity index is 422. The molecule has 1 heterocycles. The highest BCUT2D eigenvalue weighted by atomic mass is 127. The van der Waals surface area contributed by atoms with E-state index in [1.54, 1.807) is 6.26 Å². The Balaban J connectivity index is 0.00000529. The van der Waals surface area contributed by atoms with Crippen molar-refractivity contribution in [2.75, 3.05) is 26.2 Å². The summed E-state index contributed by atoms with van der Waals surface area (Å²) in [7, 11) is 0. The Hall–Kier alpha value is -0.760. The predicted octanol–water partition coefficient (Wildman–Crippen LogP) is 3.84. The second kappa shape index (κ2) is 14.6. The normalized spacial score (nSPS) is 12.8. The topological polar surface area (TPSA) is 58.8 Å². The molecule has 0 aliphatic carbocycles. The molecule has 0 saturated carbocycles. The van der Waals surface area contributed by atoms with Gasteiger partial charge in [0.05, 0.1) is 12.4 Å². The number of rotatable bonds is 11. The first-order chi connectivity index (χ1) is 11.2. The number of nitrogens with one attached hydrogen (secondary N) is 2. The third kappa shape index (κ3) is 10.2. The summed E-state index contributed by atoms with van der Waals surface area (Å²) in [6, 6.07) is 3.91. The third-order valence-electron chi connectivity index (χ3n) is 3.58. The van der Waals surface area contributed by atoms with E-state index in [2.05, 4.69) is 36.4 Å². The zero-order valence-corrected chi connectivity index (χ0v) is 17.8. The van der Waals surface area contributed by atoms with Crippen LogP contribution in [0.4, 0.5) is 0 Å². The van der Waals surface area contributed by atoms with E-state index in [4.69, 9.17) is 9.15 Å². The van der Waals surface area contributed by atoms with E-state index in [0.29, 0.717) is 12.0 Å². The molecule has 0 aromatic carbocycles. The van der Waals surface area contributed by atoms with E-state index in [-0.39, 0.29) is 24.0 Å². The van der Waals surface area contributed by atoms with E-state index in [1.165, 1.54) is 0 Å². The van der Waals surface area contributed by atoms with Crippen LogP contribution in [0, 0.1) is 5.92 Å². The molecule has 24 heavy (non-hydrogen) atoms. The number of hydrogen-bond acceptors (Lipinski definition) is 3. The first-order valence-corrected chi connectivity index (χ1v) is 8.83. The Labute approximate surface area is 164 Å². The summed E-state index contributed by atoms with van der Waals surface area (Å²) in [6.07, 6.45) is 4.88. The van der Waals surface area contributed by atoms with Gasteiger partial charge in [-0.1, -0.05) is 20.8 Å². The second-order valence-corrected chi connectivity index (χ2v) is 5.94. The van der Waals surface area contributed by atoms with E-state index in [9.17, 15) is 0 Å². The molecule has 1 aromatic heterocycles. The number of nitrogens with zero attached hydrogens (tertiary/aromatic N) is 1. The van der Waals surface area contributed by atoms with Crippen molar-refractivity contribution >= 4 is 29.9 Å². The van der Waals surface area contributed by atoms with Crippen LogP contribution in [0.15, 0.2) is 27.8 Å². The van der Waals surface area contributed by atoms with Crippen LogP contribution in [0.2, 0.25) is 0 Å². The summed E-state index contributed by atoms with van der Waals surface area (Å²) < 4.78 is 11.1. The van der Waals surface area contributed by atoms with Crippen molar-refractivity contribution in [3.8, 4) is 0 Å². The lowest BCUT2D eigenvalue weighted by Gasteiger charge is -2.21. The number of ether oxygens (including phenoxy) is 1. The number of guanidine groups is 1. The highest BCUT2D eigenvalue weighted by molar-refractivity contribution is 14.0. The lowest BCUT2D eigenvalue weighted by atomic mass is 10.0. The minimum atomic E-state index is 0. The van der Waals surface area contributed by atoms with Crippen LogP contribution >= 0.6 is 24.0 Å². The average Bonchev–Trinajstić information content (AvgIpc) is 3.04. The zero-order valence-electron chi connectivity index (χ0n) is 15.5. The summed E-state index contributed by atoms with van der Waals surface area (Å²) >= 11 is 0. The van der Waals surface area contributed by atoms with E-state index < -0.39 is 0 Å². The average molecular weight is 451 g/mol. The van der Waals surface area contributed by atoms with Crippen molar-refractivity contribution in [1.29, 1.82) is 0 Å². The molecule has 140 valence electrons. The summed E-state index contributed by atoms with van der Waals surface area (Å²) in [5.74, 6) is 2.39. The lowest BCUT2D eigenvalue weighted by Crippen LogP contribution is -2.40. The summed E-state index contributed by atoms with van der Waals surface area (Å²) in [6.45, 7) is 11.8. The molecule has 0 saturated heterocycles. The molecule has 1 atom stereocenters. The number of furan rings is 1. The highest BCUT2D eigenvalue weighted by Gasteiger charge is 2.13. The quantitative estimate of drug-likeness (QED) is 0.305. The maximum Gasteiger partial charge on any atom is 0.191 e. The van der Waals surface area contributed by atoms with Crippen molar-refractivity contribution in [2.45, 2.75) is 53.1 Å². The summed E-state index contributed by atoms with van der Waals surface area (Å²) in [5, 5.41) is 6.77. The molecular weight excluding hydrogens is 417 g/mol. The summed E-state index contributed by atoms with van der Waals surface area (Å²) in [5.41, 5.74) is 0. The van der Waals surface area contributed by atoms with Gasteiger partial charge in [0.25, 0.3) is 0 Å². The van der Waals surface area contributed by atoms with Crippen molar-refractivity contribution < 1.29 is 9.15 Å². The maximum absolute atomic E-state index is 5.78. The molecule has 0 radical (unpaired) electrons. The predicted molar refractivity (Wildman–Crippen MR) is 111 cm³/mol. The largest absolute Gasteiger partial charge is 0.469 e. The van der Waals surface area contributed by atoms with Crippen LogP contribution in [-0.2, 0) is 11.2 Å². The van der Waals surface area contributed by atoms with Crippen molar-refractivity contribution in [1.82, 2.24) is 10.6 Å². The van der Waals surface area contributed by atoms with Gasteiger partial charge in [-0.05, 0) is 37.8 Å². The molecule has 1 unspecified atom stereocenters. The SMILES string of the molecule is CCCN=C(NCCc1ccco1)NCCC(OCC)C(C)C.I. The fourth-order valence-corrected chi connectivity index (χ4v) is 2.31. The van der Waals surface area contributed by atoms with Crippen LogP contribution in [0.1, 0.15) is 46.3 Å². The van der Waals surface area contributed by atoms with Crippen molar-refractivity contribution in [2.24, 2.45) is 10.9 Å². The molecule has 6 heteroatoms. The van der Waals surface area contributed by atoms with Gasteiger partial charge in [0.15, 0.2) is 5.96 Å². The fraction of sp³-hybridized carbons (Fsp3) is 0.722. The zero-order chi connectivity index (χ0) is 16.9. The molecule has 1 aromatic rings. The van der Waals surface area contributed by atoms with Gasteiger partial charge in [-0.15, -0.1) is 24.0 Å². The van der Waals surface area contributed by atoms with Gasteiger partial charge in [0.2, 0.25) is 0 Å². The Morgan fingerprint density at radius 1 is 1.25 bits per heavy atom. The maximum atomic E-state index is 5.78. The molecule has 0 aliphatic rings. The molecule has 0 amide bonds. The standard InChI is InChI=1S/C18H33N3O2.HI/c1-5-11-19-18(20-12-9-16-8-7-14-23-16)21-13-10-17(15(3)4)22-6-2;/h7-8,14-15,17H,5-6,9-13H2,1-4H3,(H2,19,20,21);1H. The third-order valence-corrected chi connectivity index (χ3v) is 3.58. The Kier molecular flexibility index (Phi) is 14.1. The van der Waals surface area contributed by atoms with Crippen molar-refractivity contribution in [3.63, 3.8) is 0 Å². The molecule has 0 bridgehead atoms. The summed E-state index contributed by atoms with van der Waals surface area (Å²) in [4.78, 5) is 4.57. The number of aliphatic imine (C=N–C) groups is 1.